The van der Waals surface area contributed by atoms with E-state index >= 15 is 0 Å². The number of amides is 3. The van der Waals surface area contributed by atoms with Crippen molar-refractivity contribution >= 4 is 34.6 Å². The van der Waals surface area contributed by atoms with Crippen LogP contribution in [0.4, 0.5) is 0 Å². The number of methoxy groups -OCH3 is 1. The predicted octanol–water partition coefficient (Wildman–Crippen LogP) is 5.79. The Morgan fingerprint density at radius 1 is 1.10 bits per heavy atom. The van der Waals surface area contributed by atoms with Crippen molar-refractivity contribution in [2.24, 2.45) is 23.2 Å². The Kier molecular flexibility index (Phi) is 13.6. The fraction of sp³-hybridized carbons (Fsp3) is 0.531. The number of nitrogens with zero attached hydrogens (tertiary/aromatic N) is 4. The van der Waals surface area contributed by atoms with E-state index in [4.69, 9.17) is 14.5 Å². The van der Waals surface area contributed by atoms with Crippen molar-refractivity contribution in [1.82, 2.24) is 35.5 Å². The SMILES string of the molecule is CCn1c(-c2cccnc2[C@H](C)OC)c2c3cc(ccc31)-c1cc(O)cc(c1)C[C@H](NC(=O)[C@H](C(C)C)N(C)C(=O)[C@H]1CNC[C@H]1C)C(=O)N1CCC[C@H](N1)C(=O)OCC(C)(C)C2. The molecule has 14 nitrogen and oxygen atoms in total. The zero-order valence-electron chi connectivity index (χ0n) is 38.3. The molecule has 7 rings (SSSR count). The lowest BCUT2D eigenvalue weighted by molar-refractivity contribution is -0.155. The monoisotopic (exact) mass is 863 g/mol. The molecule has 3 aliphatic rings. The number of nitrogens with one attached hydrogen (secondary N) is 3. The summed E-state index contributed by atoms with van der Waals surface area (Å²) in [5.41, 5.74) is 9.72. The van der Waals surface area contributed by atoms with Crippen molar-refractivity contribution in [3.05, 3.63) is 71.5 Å². The number of fused-ring (bicyclic) bond motifs is 6. The van der Waals surface area contributed by atoms with E-state index in [9.17, 15) is 24.3 Å². The molecular weight excluding hydrogens is 799 g/mol. The molecule has 0 unspecified atom stereocenters. The van der Waals surface area contributed by atoms with Crippen LogP contribution >= 0.6 is 0 Å². The number of aromatic hydroxyl groups is 1. The molecule has 0 saturated carbocycles. The number of esters is 1. The zero-order valence-corrected chi connectivity index (χ0v) is 38.3. The normalized spacial score (nSPS) is 22.7. The minimum absolute atomic E-state index is 0.0137. The molecule has 2 fully saturated rings. The average Bonchev–Trinajstić information content (AvgIpc) is 3.83. The van der Waals surface area contributed by atoms with Crippen molar-refractivity contribution in [2.75, 3.05) is 40.4 Å². The molecule has 3 aliphatic heterocycles. The molecule has 14 heteroatoms. The number of phenols is 1. The van der Waals surface area contributed by atoms with E-state index in [0.717, 1.165) is 51.1 Å². The highest BCUT2D eigenvalue weighted by Crippen LogP contribution is 2.42. The maximum atomic E-state index is 14.7. The number of carbonyl (C=O) groups excluding carboxylic acids is 4. The smallest absolute Gasteiger partial charge is 0.324 e. The maximum Gasteiger partial charge on any atom is 0.324 e. The van der Waals surface area contributed by atoms with Gasteiger partial charge < -0.3 is 34.7 Å². The number of likely N-dealkylation sites (N-methyl/N-ethyl adjacent to an activating group) is 1. The highest BCUT2D eigenvalue weighted by Gasteiger charge is 2.40. The molecule has 0 radical (unpaired) electrons. The number of aromatic nitrogens is 2. The Labute approximate surface area is 371 Å². The van der Waals surface area contributed by atoms with Gasteiger partial charge in [0.25, 0.3) is 5.91 Å². The summed E-state index contributed by atoms with van der Waals surface area (Å²) in [6, 6.07) is 12.8. The van der Waals surface area contributed by atoms with Crippen LogP contribution in [0.15, 0.2) is 54.7 Å². The molecule has 5 heterocycles. The van der Waals surface area contributed by atoms with Crippen LogP contribution in [0, 0.1) is 23.2 Å². The molecule has 0 aliphatic carbocycles. The van der Waals surface area contributed by atoms with Gasteiger partial charge in [0, 0.05) is 68.3 Å². The fourth-order valence-electron chi connectivity index (χ4n) is 9.79. The summed E-state index contributed by atoms with van der Waals surface area (Å²) in [7, 11) is 3.34. The number of carbonyl (C=O) groups is 4. The highest BCUT2D eigenvalue weighted by atomic mass is 16.5. The van der Waals surface area contributed by atoms with E-state index in [-0.39, 0.29) is 48.5 Å². The summed E-state index contributed by atoms with van der Waals surface area (Å²) in [5.74, 6) is -1.87. The van der Waals surface area contributed by atoms with Crippen LogP contribution in [0.5, 0.6) is 5.75 Å². The first-order chi connectivity index (χ1) is 30.0. The third kappa shape index (κ3) is 9.49. The van der Waals surface area contributed by atoms with Crippen LogP contribution in [0.2, 0.25) is 0 Å². The third-order valence-electron chi connectivity index (χ3n) is 13.2. The number of phenolic OH excluding ortho intramolecular Hbond substituents is 1. The lowest BCUT2D eigenvalue weighted by Crippen LogP contribution is -2.62. The van der Waals surface area contributed by atoms with Gasteiger partial charge in [0.05, 0.1) is 30.0 Å². The molecule has 2 aromatic carbocycles. The second-order valence-electron chi connectivity index (χ2n) is 18.9. The number of rotatable bonds is 9. The molecule has 63 heavy (non-hydrogen) atoms. The number of aryl methyl sites for hydroxylation is 1. The van der Waals surface area contributed by atoms with Crippen LogP contribution in [0.1, 0.15) is 84.2 Å². The number of benzene rings is 2. The zero-order chi connectivity index (χ0) is 45.3. The summed E-state index contributed by atoms with van der Waals surface area (Å²) in [6.07, 6.45) is 3.10. The number of ether oxygens (including phenoxy) is 2. The van der Waals surface area contributed by atoms with Crippen LogP contribution in [0.3, 0.4) is 0 Å². The predicted molar refractivity (Wildman–Crippen MR) is 242 cm³/mol. The molecule has 6 atom stereocenters. The van der Waals surface area contributed by atoms with E-state index in [2.05, 4.69) is 59.6 Å². The van der Waals surface area contributed by atoms with Gasteiger partial charge in [-0.2, -0.15) is 0 Å². The third-order valence-corrected chi connectivity index (χ3v) is 13.2. The molecular formula is C49H65N7O7. The summed E-state index contributed by atoms with van der Waals surface area (Å²) in [6.45, 7) is 16.5. The molecule has 6 bridgehead atoms. The van der Waals surface area contributed by atoms with Crippen molar-refractivity contribution in [3.8, 4) is 28.1 Å². The number of cyclic esters (lactones) is 1. The number of hydrogen-bond donors (Lipinski definition) is 4. The quantitative estimate of drug-likeness (QED) is 0.151. The van der Waals surface area contributed by atoms with Crippen LogP contribution in [-0.4, -0.2) is 107 Å². The van der Waals surface area contributed by atoms with Crippen molar-refractivity contribution in [2.45, 2.75) is 105 Å². The molecule has 4 aromatic rings. The number of hydrogen-bond acceptors (Lipinski definition) is 10. The molecule has 0 spiro atoms. The Morgan fingerprint density at radius 3 is 2.57 bits per heavy atom. The van der Waals surface area contributed by atoms with Gasteiger partial charge >= 0.3 is 5.97 Å². The lowest BCUT2D eigenvalue weighted by atomic mass is 9.84. The molecule has 2 aromatic heterocycles. The van der Waals surface area contributed by atoms with Crippen LogP contribution in [0.25, 0.3) is 33.3 Å². The summed E-state index contributed by atoms with van der Waals surface area (Å²) in [5, 5.41) is 20.0. The Hall–Kier alpha value is -5.31. The van der Waals surface area contributed by atoms with Crippen molar-refractivity contribution in [1.29, 1.82) is 0 Å². The van der Waals surface area contributed by atoms with Crippen molar-refractivity contribution in [3.63, 3.8) is 0 Å². The number of hydrazine groups is 1. The number of pyridine rings is 1. The van der Waals surface area contributed by atoms with Crippen LogP contribution in [-0.2, 0) is 48.0 Å². The van der Waals surface area contributed by atoms with Gasteiger partial charge in [0.15, 0.2) is 0 Å². The Balaban J connectivity index is 1.34. The van der Waals surface area contributed by atoms with Gasteiger partial charge in [0.2, 0.25) is 11.8 Å². The summed E-state index contributed by atoms with van der Waals surface area (Å²) < 4.78 is 14.2. The summed E-state index contributed by atoms with van der Waals surface area (Å²) in [4.78, 5) is 63.1. The molecule has 338 valence electrons. The lowest BCUT2D eigenvalue weighted by Gasteiger charge is -2.37. The average molecular weight is 864 g/mol. The molecule has 3 amide bonds. The van der Waals surface area contributed by atoms with Gasteiger partial charge in [-0.25, -0.2) is 5.43 Å². The van der Waals surface area contributed by atoms with E-state index < -0.39 is 41.3 Å². The first-order valence-corrected chi connectivity index (χ1v) is 22.5. The first kappa shape index (κ1) is 45.7. The second-order valence-corrected chi connectivity index (χ2v) is 18.9. The van der Waals surface area contributed by atoms with Crippen LogP contribution < -0.4 is 16.1 Å². The van der Waals surface area contributed by atoms with Gasteiger partial charge in [-0.3, -0.25) is 29.2 Å². The van der Waals surface area contributed by atoms with E-state index in [1.165, 1.54) is 9.91 Å². The minimum Gasteiger partial charge on any atom is -0.508 e. The molecule has 2 saturated heterocycles. The topological polar surface area (TPSA) is 167 Å². The minimum atomic E-state index is -1.11. The second kappa shape index (κ2) is 18.8. The summed E-state index contributed by atoms with van der Waals surface area (Å²) >= 11 is 0. The van der Waals surface area contributed by atoms with E-state index in [0.29, 0.717) is 44.5 Å². The van der Waals surface area contributed by atoms with Gasteiger partial charge in [-0.05, 0) is 110 Å². The Bertz CT molecular complexity index is 2360. The largest absolute Gasteiger partial charge is 0.508 e. The van der Waals surface area contributed by atoms with E-state index in [1.54, 1.807) is 32.5 Å². The fourth-order valence-corrected chi connectivity index (χ4v) is 9.79. The highest BCUT2D eigenvalue weighted by molar-refractivity contribution is 5.96. The molecule has 4 N–H and O–H groups in total. The standard InChI is InChI=1S/C49H65N7O7/c1-10-55-41-16-15-32-23-36(41)37(44(55)35-13-11-17-51-42(35)30(5)62-9)24-49(6,7)27-63-48(61)39-14-12-18-56(53-39)47(60)40(21-31-19-33(32)22-34(57)20-31)52-45(58)43(28(2)3)54(8)46(59)38-26-50-25-29(38)4/h11,13,15-17,19-20,22-23,28-30,38-40,43,50,53,57H,10,12,14,18,21,24-27H2,1-9H3,(H,52,58)/t29-,30+,38+,39+,40+,43+/m1/s1. The Morgan fingerprint density at radius 2 is 1.87 bits per heavy atom. The van der Waals surface area contributed by atoms with E-state index in [1.807, 2.05) is 45.9 Å². The van der Waals surface area contributed by atoms with Gasteiger partial charge in [-0.1, -0.05) is 46.8 Å². The first-order valence-electron chi connectivity index (χ1n) is 22.5. The maximum absolute atomic E-state index is 14.7. The van der Waals surface area contributed by atoms with Crippen molar-refractivity contribution < 1.29 is 33.8 Å². The van der Waals surface area contributed by atoms with Gasteiger partial charge in [0.1, 0.15) is 23.9 Å². The van der Waals surface area contributed by atoms with Gasteiger partial charge in [-0.15, -0.1) is 0 Å².